The summed E-state index contributed by atoms with van der Waals surface area (Å²) in [4.78, 5) is 8.58. The van der Waals surface area contributed by atoms with Crippen molar-refractivity contribution in [1.82, 2.24) is 9.97 Å². The van der Waals surface area contributed by atoms with Crippen LogP contribution in [0.5, 0.6) is 0 Å². The van der Waals surface area contributed by atoms with Crippen LogP contribution in [0.25, 0.3) is 0 Å². The number of hydrogen-bond donors (Lipinski definition) is 0. The summed E-state index contributed by atoms with van der Waals surface area (Å²) in [6, 6.07) is 8.10. The maximum atomic E-state index is 4.11. The molecule has 0 N–H and O–H groups in total. The van der Waals surface area contributed by atoms with E-state index in [0.29, 0.717) is 4.82 Å². The van der Waals surface area contributed by atoms with Crippen LogP contribution < -0.4 is 0 Å². The van der Waals surface area contributed by atoms with Crippen LogP contribution >= 0.6 is 0 Å². The van der Waals surface area contributed by atoms with Gasteiger partial charge in [0.25, 0.3) is 0 Å². The summed E-state index contributed by atoms with van der Waals surface area (Å²) in [5, 5.41) is 0. The minimum atomic E-state index is 0.364. The fraction of sp³-hybridized carbons (Fsp3) is 0.167. The molecule has 0 saturated carbocycles. The average molecular weight is 262 g/mol. The molecule has 0 aliphatic carbocycles. The zero-order valence-electron chi connectivity index (χ0n) is 8.21. The second-order valence-corrected chi connectivity index (χ2v) is 4.53. The van der Waals surface area contributed by atoms with Gasteiger partial charge in [0, 0.05) is 0 Å². The molecule has 0 amide bonds. The Balaban J connectivity index is 2.08. The van der Waals surface area contributed by atoms with Crippen molar-refractivity contribution < 1.29 is 0 Å². The molecule has 0 aliphatic rings. The van der Waals surface area contributed by atoms with Crippen LogP contribution in [0.15, 0.2) is 49.1 Å². The molecule has 0 fully saturated rings. The molecule has 0 aliphatic heterocycles. The Morgan fingerprint density at radius 2 is 1.80 bits per heavy atom. The third kappa shape index (κ3) is 2.88. The van der Waals surface area contributed by atoms with Gasteiger partial charge in [-0.2, -0.15) is 0 Å². The van der Waals surface area contributed by atoms with Gasteiger partial charge in [0.2, 0.25) is 0 Å². The van der Waals surface area contributed by atoms with Gasteiger partial charge in [0.05, 0.1) is 0 Å². The van der Waals surface area contributed by atoms with Gasteiger partial charge in [0.15, 0.2) is 0 Å². The van der Waals surface area contributed by atoms with Crippen molar-refractivity contribution >= 4 is 16.0 Å². The molecule has 0 saturated heterocycles. The van der Waals surface area contributed by atoms with E-state index in [0.717, 1.165) is 6.42 Å². The summed E-state index contributed by atoms with van der Waals surface area (Å²) in [5.41, 5.74) is 2.46. The SMILES string of the molecule is [Se]C(Cc1cccnc1)c1cccnc1. The van der Waals surface area contributed by atoms with Gasteiger partial charge in [-0.05, 0) is 0 Å². The van der Waals surface area contributed by atoms with Gasteiger partial charge < -0.3 is 0 Å². The van der Waals surface area contributed by atoms with Crippen molar-refractivity contribution in [3.8, 4) is 0 Å². The Labute approximate surface area is 97.6 Å². The molecular formula is C12H11N2Se. The molecule has 1 unspecified atom stereocenters. The van der Waals surface area contributed by atoms with Gasteiger partial charge in [-0.1, -0.05) is 0 Å². The van der Waals surface area contributed by atoms with E-state index in [1.807, 2.05) is 24.5 Å². The van der Waals surface area contributed by atoms with Gasteiger partial charge >= 0.3 is 97.4 Å². The number of hydrogen-bond acceptors (Lipinski definition) is 2. The Morgan fingerprint density at radius 3 is 2.40 bits per heavy atom. The van der Waals surface area contributed by atoms with E-state index < -0.39 is 0 Å². The summed E-state index contributed by atoms with van der Waals surface area (Å²) >= 11 is 3.17. The molecule has 1 atom stereocenters. The molecule has 2 aromatic heterocycles. The van der Waals surface area contributed by atoms with Crippen molar-refractivity contribution in [2.75, 3.05) is 0 Å². The summed E-state index contributed by atoms with van der Waals surface area (Å²) in [5.74, 6) is 0. The Morgan fingerprint density at radius 1 is 1.07 bits per heavy atom. The molecule has 0 spiro atoms. The number of aromatic nitrogens is 2. The van der Waals surface area contributed by atoms with E-state index >= 15 is 0 Å². The van der Waals surface area contributed by atoms with Crippen LogP contribution in [-0.4, -0.2) is 26.0 Å². The zero-order chi connectivity index (χ0) is 10.5. The van der Waals surface area contributed by atoms with Crippen LogP contribution in [0.4, 0.5) is 0 Å². The second-order valence-electron chi connectivity index (χ2n) is 3.34. The van der Waals surface area contributed by atoms with Crippen molar-refractivity contribution in [3.63, 3.8) is 0 Å². The van der Waals surface area contributed by atoms with Gasteiger partial charge in [0.1, 0.15) is 0 Å². The molecule has 2 rings (SSSR count). The van der Waals surface area contributed by atoms with Crippen LogP contribution in [0.1, 0.15) is 15.9 Å². The minimum absolute atomic E-state index is 0.364. The Kier molecular flexibility index (Phi) is 3.49. The predicted octanol–water partition coefficient (Wildman–Crippen LogP) is 1.93. The molecule has 2 nitrogen and oxygen atoms in total. The molecule has 3 heteroatoms. The first-order valence-corrected chi connectivity index (χ1v) is 5.80. The fourth-order valence-electron chi connectivity index (χ4n) is 1.42. The summed E-state index contributed by atoms with van der Waals surface area (Å²) in [6.45, 7) is 0. The maximum absolute atomic E-state index is 4.11. The van der Waals surface area contributed by atoms with Crippen LogP contribution in [-0.2, 0) is 6.42 Å². The zero-order valence-corrected chi connectivity index (χ0v) is 9.92. The second kappa shape index (κ2) is 5.06. The summed E-state index contributed by atoms with van der Waals surface area (Å²) in [6.07, 6.45) is 8.35. The van der Waals surface area contributed by atoms with Crippen molar-refractivity contribution in [2.24, 2.45) is 0 Å². The number of nitrogens with zero attached hydrogens (tertiary/aromatic N) is 2. The topological polar surface area (TPSA) is 25.8 Å². The standard InChI is InChI=1S/C12H11N2Se/c15-12(11-4-2-6-14-9-11)7-10-3-1-5-13-8-10/h1-6,8-9,12H,7H2. The van der Waals surface area contributed by atoms with Crippen LogP contribution in [0.3, 0.4) is 0 Å². The molecule has 1 radical (unpaired) electrons. The quantitative estimate of drug-likeness (QED) is 0.790. The van der Waals surface area contributed by atoms with Gasteiger partial charge in [-0.25, -0.2) is 0 Å². The molecular weight excluding hydrogens is 251 g/mol. The van der Waals surface area contributed by atoms with E-state index in [2.05, 4.69) is 38.1 Å². The summed E-state index contributed by atoms with van der Waals surface area (Å²) in [7, 11) is 0. The van der Waals surface area contributed by atoms with Gasteiger partial charge in [-0.15, -0.1) is 0 Å². The Bertz CT molecular complexity index is 402. The van der Waals surface area contributed by atoms with E-state index in [4.69, 9.17) is 0 Å². The van der Waals surface area contributed by atoms with Gasteiger partial charge in [-0.3, -0.25) is 0 Å². The number of rotatable bonds is 3. The molecule has 2 heterocycles. The molecule has 0 aromatic carbocycles. The average Bonchev–Trinajstić information content (AvgIpc) is 2.31. The Hall–Kier alpha value is -1.18. The third-order valence-electron chi connectivity index (χ3n) is 2.20. The van der Waals surface area contributed by atoms with Crippen LogP contribution in [0.2, 0.25) is 0 Å². The summed E-state index contributed by atoms with van der Waals surface area (Å²) < 4.78 is 0. The van der Waals surface area contributed by atoms with Crippen molar-refractivity contribution in [2.45, 2.75) is 11.2 Å². The molecule has 2 aromatic rings. The molecule has 75 valence electrons. The van der Waals surface area contributed by atoms with Crippen molar-refractivity contribution in [1.29, 1.82) is 0 Å². The first-order chi connectivity index (χ1) is 7.36. The predicted molar refractivity (Wildman–Crippen MR) is 60.7 cm³/mol. The number of pyridine rings is 2. The monoisotopic (exact) mass is 263 g/mol. The van der Waals surface area contributed by atoms with E-state index in [1.165, 1.54) is 11.1 Å². The van der Waals surface area contributed by atoms with Crippen molar-refractivity contribution in [3.05, 3.63) is 60.2 Å². The first-order valence-electron chi connectivity index (χ1n) is 4.81. The first kappa shape index (κ1) is 10.3. The van der Waals surface area contributed by atoms with E-state index in [-0.39, 0.29) is 0 Å². The van der Waals surface area contributed by atoms with Crippen LogP contribution in [0, 0.1) is 0 Å². The third-order valence-corrected chi connectivity index (χ3v) is 3.12. The molecule has 15 heavy (non-hydrogen) atoms. The van der Waals surface area contributed by atoms with E-state index in [1.54, 1.807) is 12.4 Å². The fourth-order valence-corrected chi connectivity index (χ4v) is 2.11. The normalized spacial score (nSPS) is 12.3. The molecule has 0 bridgehead atoms. The van der Waals surface area contributed by atoms with E-state index in [9.17, 15) is 0 Å².